The van der Waals surface area contributed by atoms with Gasteiger partial charge in [0.25, 0.3) is 0 Å². The normalized spacial score (nSPS) is 9.71. The van der Waals surface area contributed by atoms with Gasteiger partial charge >= 0.3 is 0 Å². The van der Waals surface area contributed by atoms with Crippen molar-refractivity contribution in [1.29, 1.82) is 0 Å². The molecule has 0 saturated carbocycles. The average Bonchev–Trinajstić information content (AvgIpc) is 2.09. The van der Waals surface area contributed by atoms with Gasteiger partial charge in [0.1, 0.15) is 0 Å². The number of benzene rings is 1. The van der Waals surface area contributed by atoms with Gasteiger partial charge in [-0.1, -0.05) is 23.2 Å². The van der Waals surface area contributed by atoms with Crippen LogP contribution < -0.4 is 11.2 Å². The number of hydrogen-bond acceptors (Lipinski definition) is 2. The Labute approximate surface area is 97.7 Å². The lowest BCUT2D eigenvalue weighted by molar-refractivity contribution is 0.548. The van der Waals surface area contributed by atoms with Crippen LogP contribution in [0, 0.1) is 0 Å². The van der Waals surface area contributed by atoms with E-state index in [1.165, 1.54) is 5.01 Å². The highest BCUT2D eigenvalue weighted by Crippen LogP contribution is 2.25. The summed E-state index contributed by atoms with van der Waals surface area (Å²) in [4.78, 5) is 0. The minimum atomic E-state index is 0.384. The van der Waals surface area contributed by atoms with Crippen molar-refractivity contribution >= 4 is 46.2 Å². The third-order valence-corrected chi connectivity index (χ3v) is 2.43. The summed E-state index contributed by atoms with van der Waals surface area (Å²) in [7, 11) is 1.64. The molecule has 0 aliphatic rings. The van der Waals surface area contributed by atoms with Gasteiger partial charge < -0.3 is 5.32 Å². The molecule has 0 amide bonds. The first-order chi connectivity index (χ1) is 6.50. The molecule has 14 heavy (non-hydrogen) atoms. The van der Waals surface area contributed by atoms with Crippen molar-refractivity contribution in [3.05, 3.63) is 28.2 Å². The molecule has 0 bridgehead atoms. The van der Waals surface area contributed by atoms with E-state index < -0.39 is 0 Å². The topological polar surface area (TPSA) is 41.3 Å². The minimum Gasteiger partial charge on any atom is -0.330 e. The van der Waals surface area contributed by atoms with Gasteiger partial charge in [0.2, 0.25) is 0 Å². The molecule has 0 unspecified atom stereocenters. The summed E-state index contributed by atoms with van der Waals surface area (Å²) in [5.41, 5.74) is 0.679. The molecule has 76 valence electrons. The molecule has 0 spiro atoms. The summed E-state index contributed by atoms with van der Waals surface area (Å²) in [5, 5.41) is 5.63. The Kier molecular flexibility index (Phi) is 3.95. The van der Waals surface area contributed by atoms with Gasteiger partial charge in [-0.2, -0.15) is 0 Å². The smallest absolute Gasteiger partial charge is 0.187 e. The van der Waals surface area contributed by atoms with E-state index >= 15 is 0 Å². The summed E-state index contributed by atoms with van der Waals surface area (Å²) in [6.45, 7) is 0. The third kappa shape index (κ3) is 2.99. The van der Waals surface area contributed by atoms with Crippen LogP contribution in [0.25, 0.3) is 0 Å². The molecule has 0 radical (unpaired) electrons. The molecule has 0 saturated heterocycles. The Morgan fingerprint density at radius 3 is 2.64 bits per heavy atom. The van der Waals surface area contributed by atoms with Gasteiger partial charge in [-0.15, -0.1) is 0 Å². The SMILES string of the molecule is CN(N)C(=S)Nc1ccc(Cl)cc1Cl. The van der Waals surface area contributed by atoms with E-state index in [4.69, 9.17) is 41.3 Å². The van der Waals surface area contributed by atoms with E-state index in [2.05, 4.69) is 5.32 Å². The van der Waals surface area contributed by atoms with Crippen LogP contribution in [0.5, 0.6) is 0 Å². The lowest BCUT2D eigenvalue weighted by Gasteiger charge is -2.15. The van der Waals surface area contributed by atoms with Crippen LogP contribution in [0.3, 0.4) is 0 Å². The molecule has 1 aromatic rings. The second-order valence-electron chi connectivity index (χ2n) is 2.67. The van der Waals surface area contributed by atoms with Gasteiger partial charge in [-0.05, 0) is 30.4 Å². The number of rotatable bonds is 1. The lowest BCUT2D eigenvalue weighted by Crippen LogP contribution is -2.36. The first-order valence-electron chi connectivity index (χ1n) is 3.75. The summed E-state index contributed by atoms with van der Waals surface area (Å²) >= 11 is 16.6. The summed E-state index contributed by atoms with van der Waals surface area (Å²) in [5.74, 6) is 5.42. The molecule has 3 nitrogen and oxygen atoms in total. The zero-order chi connectivity index (χ0) is 10.7. The van der Waals surface area contributed by atoms with Gasteiger partial charge in [-0.3, -0.25) is 5.01 Å². The maximum absolute atomic E-state index is 5.91. The summed E-state index contributed by atoms with van der Waals surface area (Å²) < 4.78 is 0. The Balaban J connectivity index is 2.82. The van der Waals surface area contributed by atoms with Gasteiger partial charge in [0, 0.05) is 12.1 Å². The summed E-state index contributed by atoms with van der Waals surface area (Å²) in [6.07, 6.45) is 0. The van der Waals surface area contributed by atoms with E-state index in [1.54, 1.807) is 25.2 Å². The Hall–Kier alpha value is -0.550. The fourth-order valence-corrected chi connectivity index (χ4v) is 1.36. The van der Waals surface area contributed by atoms with Crippen LogP contribution in [0.1, 0.15) is 0 Å². The van der Waals surface area contributed by atoms with Gasteiger partial charge in [0.05, 0.1) is 10.7 Å². The Morgan fingerprint density at radius 1 is 1.50 bits per heavy atom. The van der Waals surface area contributed by atoms with Crippen molar-refractivity contribution in [3.63, 3.8) is 0 Å². The molecule has 0 aliphatic heterocycles. The second-order valence-corrected chi connectivity index (χ2v) is 3.90. The molecule has 0 aliphatic carbocycles. The van der Waals surface area contributed by atoms with Crippen molar-refractivity contribution in [3.8, 4) is 0 Å². The number of hydrogen-bond donors (Lipinski definition) is 2. The highest BCUT2D eigenvalue weighted by atomic mass is 35.5. The standard InChI is InChI=1S/C8H9Cl2N3S/c1-13(11)8(14)12-7-3-2-5(9)4-6(7)10/h2-4H,11H2,1H3,(H,12,14). The first-order valence-corrected chi connectivity index (χ1v) is 4.91. The first kappa shape index (κ1) is 11.5. The van der Waals surface area contributed by atoms with Crippen LogP contribution in [0.4, 0.5) is 5.69 Å². The fourth-order valence-electron chi connectivity index (χ4n) is 0.794. The number of nitrogens with one attached hydrogen (secondary N) is 1. The van der Waals surface area contributed by atoms with Crippen LogP contribution in [-0.4, -0.2) is 17.2 Å². The molecule has 3 N–H and O–H groups in total. The second kappa shape index (κ2) is 4.79. The largest absolute Gasteiger partial charge is 0.330 e. The molecular weight excluding hydrogens is 241 g/mol. The van der Waals surface area contributed by atoms with Crippen LogP contribution in [0.2, 0.25) is 10.0 Å². The van der Waals surface area contributed by atoms with Crippen LogP contribution >= 0.6 is 35.4 Å². The molecule has 1 rings (SSSR count). The van der Waals surface area contributed by atoms with Gasteiger partial charge in [-0.25, -0.2) is 5.84 Å². The molecule has 0 aromatic heterocycles. The van der Waals surface area contributed by atoms with E-state index in [9.17, 15) is 0 Å². The number of thiocarbonyl (C=S) groups is 1. The van der Waals surface area contributed by atoms with E-state index in [0.29, 0.717) is 20.8 Å². The van der Waals surface area contributed by atoms with E-state index in [-0.39, 0.29) is 0 Å². The Morgan fingerprint density at radius 2 is 2.14 bits per heavy atom. The van der Waals surface area contributed by atoms with Crippen molar-refractivity contribution in [1.82, 2.24) is 5.01 Å². The molecular formula is C8H9Cl2N3S. The van der Waals surface area contributed by atoms with E-state index in [0.717, 1.165) is 0 Å². The van der Waals surface area contributed by atoms with E-state index in [1.807, 2.05) is 0 Å². The highest BCUT2D eigenvalue weighted by molar-refractivity contribution is 7.80. The molecule has 0 heterocycles. The van der Waals surface area contributed by atoms with Crippen molar-refractivity contribution in [2.45, 2.75) is 0 Å². The van der Waals surface area contributed by atoms with Crippen LogP contribution in [0.15, 0.2) is 18.2 Å². The predicted molar refractivity (Wildman–Crippen MR) is 64.6 cm³/mol. The number of nitrogens with zero attached hydrogens (tertiary/aromatic N) is 1. The number of halogens is 2. The molecule has 6 heteroatoms. The zero-order valence-corrected chi connectivity index (χ0v) is 9.75. The van der Waals surface area contributed by atoms with Crippen molar-refractivity contribution < 1.29 is 0 Å². The average molecular weight is 250 g/mol. The molecule has 1 aromatic carbocycles. The molecule has 0 fully saturated rings. The predicted octanol–water partition coefficient (Wildman–Crippen LogP) is 2.50. The molecule has 0 atom stereocenters. The monoisotopic (exact) mass is 249 g/mol. The number of nitrogens with two attached hydrogens (primary N) is 1. The van der Waals surface area contributed by atoms with Crippen molar-refractivity contribution in [2.24, 2.45) is 5.84 Å². The van der Waals surface area contributed by atoms with Crippen molar-refractivity contribution in [2.75, 3.05) is 12.4 Å². The zero-order valence-electron chi connectivity index (χ0n) is 7.42. The highest BCUT2D eigenvalue weighted by Gasteiger charge is 2.04. The number of anilines is 1. The van der Waals surface area contributed by atoms with Crippen LogP contribution in [-0.2, 0) is 0 Å². The number of hydrazine groups is 1. The maximum Gasteiger partial charge on any atom is 0.187 e. The maximum atomic E-state index is 5.91. The van der Waals surface area contributed by atoms with Gasteiger partial charge in [0.15, 0.2) is 5.11 Å². The summed E-state index contributed by atoms with van der Waals surface area (Å²) in [6, 6.07) is 5.08. The quantitative estimate of drug-likeness (QED) is 0.456. The Bertz CT molecular complexity index is 354. The minimum absolute atomic E-state index is 0.384. The fraction of sp³-hybridized carbons (Fsp3) is 0.125. The lowest BCUT2D eigenvalue weighted by atomic mass is 10.3. The third-order valence-electron chi connectivity index (χ3n) is 1.49.